The summed E-state index contributed by atoms with van der Waals surface area (Å²) in [4.78, 5) is 20.4. The molecule has 0 saturated carbocycles. The van der Waals surface area contributed by atoms with E-state index in [1.807, 2.05) is 0 Å². The topological polar surface area (TPSA) is 51.5 Å². The van der Waals surface area contributed by atoms with Crippen molar-refractivity contribution in [3.63, 3.8) is 0 Å². The highest BCUT2D eigenvalue weighted by Crippen LogP contribution is 2.29. The standard InChI is InChI=1S/C25H25F3N2O2/c1-4-30-23(21-8-5-13-29-17-21)16-22(25(26,27)28)15-19-9-11-20(12-10-19)24(31)18(2)7-6-14-32-3/h4-5,8-13,16-17H,1-2,6-7,14-15H2,3H3/b22-16+,30-23?. The highest BCUT2D eigenvalue weighted by Gasteiger charge is 2.33. The van der Waals surface area contributed by atoms with E-state index < -0.39 is 11.7 Å². The van der Waals surface area contributed by atoms with Crippen LogP contribution < -0.4 is 0 Å². The molecule has 0 aliphatic carbocycles. The number of ether oxygens (including phenoxy) is 1. The number of hydrogen-bond donors (Lipinski definition) is 0. The molecule has 168 valence electrons. The van der Waals surface area contributed by atoms with E-state index in [4.69, 9.17) is 4.74 Å². The number of methoxy groups -OCH3 is 1. The Bertz CT molecular complexity index is 992. The van der Waals surface area contributed by atoms with Crippen molar-refractivity contribution in [2.24, 2.45) is 4.99 Å². The van der Waals surface area contributed by atoms with Crippen LogP contribution in [0.5, 0.6) is 0 Å². The van der Waals surface area contributed by atoms with Gasteiger partial charge in [-0.1, -0.05) is 37.4 Å². The molecule has 0 bridgehead atoms. The summed E-state index contributed by atoms with van der Waals surface area (Å²) in [5.41, 5.74) is 1.02. The van der Waals surface area contributed by atoms with Crippen molar-refractivity contribution < 1.29 is 22.7 Å². The first-order valence-electron chi connectivity index (χ1n) is 9.93. The highest BCUT2D eigenvalue weighted by atomic mass is 19.4. The average molecular weight is 442 g/mol. The van der Waals surface area contributed by atoms with Crippen molar-refractivity contribution in [3.8, 4) is 0 Å². The maximum absolute atomic E-state index is 13.7. The number of Topliss-reactive ketones (excluding diaryl/α,β-unsaturated/α-hetero) is 1. The predicted octanol–water partition coefficient (Wildman–Crippen LogP) is 5.91. The molecule has 0 aliphatic rings. The number of hydrogen-bond acceptors (Lipinski definition) is 4. The molecule has 1 heterocycles. The Labute approximate surface area is 185 Å². The van der Waals surface area contributed by atoms with Crippen molar-refractivity contribution >= 4 is 11.5 Å². The first kappa shape index (κ1) is 24.9. The number of nitrogens with zero attached hydrogens (tertiary/aromatic N) is 2. The molecule has 0 fully saturated rings. The van der Waals surface area contributed by atoms with Crippen molar-refractivity contribution in [2.45, 2.75) is 25.4 Å². The number of pyridine rings is 1. The fraction of sp³-hybridized carbons (Fsp3) is 0.240. The van der Waals surface area contributed by atoms with Crippen LogP contribution in [0.1, 0.15) is 34.3 Å². The fourth-order valence-electron chi connectivity index (χ4n) is 2.95. The van der Waals surface area contributed by atoms with E-state index in [9.17, 15) is 18.0 Å². The molecule has 0 radical (unpaired) electrons. The third-order valence-electron chi connectivity index (χ3n) is 4.62. The van der Waals surface area contributed by atoms with Gasteiger partial charge in [0.15, 0.2) is 5.78 Å². The van der Waals surface area contributed by atoms with Crippen LogP contribution in [0.25, 0.3) is 0 Å². The number of rotatable bonds is 11. The minimum atomic E-state index is -4.56. The Kier molecular flexibility index (Phi) is 9.28. The third kappa shape index (κ3) is 7.42. The molecule has 1 aromatic carbocycles. The Hall–Kier alpha value is -3.32. The monoisotopic (exact) mass is 442 g/mol. The van der Waals surface area contributed by atoms with Crippen LogP contribution in [0.15, 0.2) is 90.4 Å². The largest absolute Gasteiger partial charge is 0.413 e. The van der Waals surface area contributed by atoms with Crippen LogP contribution in [-0.4, -0.2) is 36.4 Å². The fourth-order valence-corrected chi connectivity index (χ4v) is 2.95. The zero-order valence-electron chi connectivity index (χ0n) is 17.9. The molecule has 7 heteroatoms. The van der Waals surface area contributed by atoms with Crippen LogP contribution in [0, 0.1) is 0 Å². The Morgan fingerprint density at radius 2 is 1.91 bits per heavy atom. The van der Waals surface area contributed by atoms with E-state index in [2.05, 4.69) is 23.1 Å². The van der Waals surface area contributed by atoms with Gasteiger partial charge in [0.25, 0.3) is 0 Å². The maximum Gasteiger partial charge on any atom is 0.413 e. The number of aliphatic imine (C=N–C) groups is 1. The molecule has 0 saturated heterocycles. The lowest BCUT2D eigenvalue weighted by atomic mass is 9.97. The predicted molar refractivity (Wildman–Crippen MR) is 120 cm³/mol. The molecule has 0 unspecified atom stereocenters. The van der Waals surface area contributed by atoms with Crippen LogP contribution in [0.3, 0.4) is 0 Å². The number of carbonyl (C=O) groups excluding carboxylic acids is 1. The van der Waals surface area contributed by atoms with Gasteiger partial charge in [0, 0.05) is 55.4 Å². The number of carbonyl (C=O) groups is 1. The van der Waals surface area contributed by atoms with Crippen molar-refractivity contribution in [3.05, 3.63) is 102 Å². The molecule has 0 amide bonds. The van der Waals surface area contributed by atoms with Crippen LogP contribution in [-0.2, 0) is 11.2 Å². The molecule has 0 aliphatic heterocycles. The lowest BCUT2D eigenvalue weighted by Gasteiger charge is -2.13. The molecule has 2 aromatic rings. The van der Waals surface area contributed by atoms with Gasteiger partial charge in [-0.3, -0.25) is 14.8 Å². The number of ketones is 1. The normalized spacial score (nSPS) is 12.5. The number of allylic oxidation sites excluding steroid dienone is 3. The SMILES string of the molecule is C=CN=C(/C=C(\Cc1ccc(C(=O)C(=C)CCCOC)cc1)C(F)(F)F)c1cccnc1. The minimum Gasteiger partial charge on any atom is -0.385 e. The molecule has 32 heavy (non-hydrogen) atoms. The van der Waals surface area contributed by atoms with Gasteiger partial charge < -0.3 is 4.74 Å². The molecule has 2 rings (SSSR count). The molecule has 0 spiro atoms. The zero-order chi connectivity index (χ0) is 23.6. The van der Waals surface area contributed by atoms with E-state index in [1.165, 1.54) is 42.9 Å². The minimum absolute atomic E-state index is 0.111. The van der Waals surface area contributed by atoms with E-state index in [0.29, 0.717) is 41.7 Å². The van der Waals surface area contributed by atoms with Crippen molar-refractivity contribution in [2.75, 3.05) is 13.7 Å². The highest BCUT2D eigenvalue weighted by molar-refractivity contribution is 6.09. The second-order valence-corrected chi connectivity index (χ2v) is 7.01. The van der Waals surface area contributed by atoms with E-state index in [-0.39, 0.29) is 17.9 Å². The number of aromatic nitrogens is 1. The molecule has 0 atom stereocenters. The lowest BCUT2D eigenvalue weighted by Crippen LogP contribution is -2.16. The number of halogens is 3. The van der Waals surface area contributed by atoms with Crippen LogP contribution in [0.2, 0.25) is 0 Å². The van der Waals surface area contributed by atoms with Gasteiger partial charge in [0.2, 0.25) is 0 Å². The summed E-state index contributed by atoms with van der Waals surface area (Å²) < 4.78 is 46.2. The van der Waals surface area contributed by atoms with Crippen LogP contribution in [0.4, 0.5) is 13.2 Å². The van der Waals surface area contributed by atoms with E-state index in [1.54, 1.807) is 19.2 Å². The summed E-state index contributed by atoms with van der Waals surface area (Å²) in [7, 11) is 1.58. The first-order valence-corrected chi connectivity index (χ1v) is 9.93. The van der Waals surface area contributed by atoms with Gasteiger partial charge in [0.1, 0.15) is 0 Å². The van der Waals surface area contributed by atoms with Crippen LogP contribution >= 0.6 is 0 Å². The number of alkyl halides is 3. The maximum atomic E-state index is 13.7. The van der Waals surface area contributed by atoms with Gasteiger partial charge in [0.05, 0.1) is 5.71 Å². The van der Waals surface area contributed by atoms with Gasteiger partial charge >= 0.3 is 6.18 Å². The summed E-state index contributed by atoms with van der Waals surface area (Å²) in [6, 6.07) is 9.32. The zero-order valence-corrected chi connectivity index (χ0v) is 17.9. The van der Waals surface area contributed by atoms with Crippen molar-refractivity contribution in [1.82, 2.24) is 4.98 Å². The van der Waals surface area contributed by atoms with Crippen molar-refractivity contribution in [1.29, 1.82) is 0 Å². The summed E-state index contributed by atoms with van der Waals surface area (Å²) in [6.45, 7) is 7.80. The average Bonchev–Trinajstić information content (AvgIpc) is 2.78. The van der Waals surface area contributed by atoms with Gasteiger partial charge in [-0.2, -0.15) is 13.2 Å². The molecule has 4 nitrogen and oxygen atoms in total. The summed E-state index contributed by atoms with van der Waals surface area (Å²) in [6.07, 6.45) is 1.38. The van der Waals surface area contributed by atoms with E-state index in [0.717, 1.165) is 6.08 Å². The first-order chi connectivity index (χ1) is 15.3. The van der Waals surface area contributed by atoms with Gasteiger partial charge in [-0.15, -0.1) is 0 Å². The quantitative estimate of drug-likeness (QED) is 0.188. The smallest absolute Gasteiger partial charge is 0.385 e. The summed E-state index contributed by atoms with van der Waals surface area (Å²) >= 11 is 0. The molecular weight excluding hydrogens is 417 g/mol. The second-order valence-electron chi connectivity index (χ2n) is 7.01. The Balaban J connectivity index is 2.24. The third-order valence-corrected chi connectivity index (χ3v) is 4.62. The van der Waals surface area contributed by atoms with E-state index >= 15 is 0 Å². The lowest BCUT2D eigenvalue weighted by molar-refractivity contribution is -0.0930. The molecule has 1 aromatic heterocycles. The number of benzene rings is 1. The Morgan fingerprint density at radius 3 is 2.47 bits per heavy atom. The van der Waals surface area contributed by atoms with Gasteiger partial charge in [-0.05, 0) is 42.2 Å². The summed E-state index contributed by atoms with van der Waals surface area (Å²) in [5, 5.41) is 0. The Morgan fingerprint density at radius 1 is 1.19 bits per heavy atom. The summed E-state index contributed by atoms with van der Waals surface area (Å²) in [5.74, 6) is -0.226. The second kappa shape index (κ2) is 11.9. The molecular formula is C25H25F3N2O2. The van der Waals surface area contributed by atoms with Gasteiger partial charge in [-0.25, -0.2) is 0 Å². The molecule has 0 N–H and O–H groups in total.